The number of primary amides is 1. The van der Waals surface area contributed by atoms with E-state index in [4.69, 9.17) is 5.73 Å². The van der Waals surface area contributed by atoms with Crippen molar-refractivity contribution in [2.24, 2.45) is 5.73 Å². The highest BCUT2D eigenvalue weighted by Gasteiger charge is 2.17. The molecule has 6 nitrogen and oxygen atoms in total. The van der Waals surface area contributed by atoms with Crippen molar-refractivity contribution in [3.05, 3.63) is 69.1 Å². The number of carbonyl (C=O) groups is 1. The monoisotopic (exact) mass is 336 g/mol. The van der Waals surface area contributed by atoms with Crippen LogP contribution in [0.4, 0.5) is 0 Å². The molecular formula is C19H20N4O2. The molecule has 1 amide bonds. The highest BCUT2D eigenvalue weighted by atomic mass is 16.1. The number of nitrogens with zero attached hydrogens (tertiary/aromatic N) is 2. The second-order valence-electron chi connectivity index (χ2n) is 5.99. The van der Waals surface area contributed by atoms with Crippen LogP contribution < -0.4 is 11.3 Å². The number of aryl methyl sites for hydroxylation is 2. The number of nitrogens with one attached hydrogen (secondary N) is 1. The minimum atomic E-state index is -0.505. The van der Waals surface area contributed by atoms with Crippen molar-refractivity contribution in [1.29, 1.82) is 0 Å². The largest absolute Gasteiger partial charge is 0.366 e. The zero-order chi connectivity index (χ0) is 18.1. The number of aromatic amines is 1. The van der Waals surface area contributed by atoms with Crippen LogP contribution in [0, 0.1) is 13.8 Å². The number of amides is 1. The maximum Gasteiger partial charge on any atom is 0.252 e. The highest BCUT2D eigenvalue weighted by molar-refractivity contribution is 5.99. The summed E-state index contributed by atoms with van der Waals surface area (Å²) in [5.41, 5.74) is 9.58. The van der Waals surface area contributed by atoms with Gasteiger partial charge in [-0.25, -0.2) is 4.68 Å². The summed E-state index contributed by atoms with van der Waals surface area (Å²) in [6.07, 6.45) is 0.730. The van der Waals surface area contributed by atoms with Crippen LogP contribution in [0.25, 0.3) is 17.1 Å². The second kappa shape index (κ2) is 6.39. The van der Waals surface area contributed by atoms with Crippen LogP contribution in [0.5, 0.6) is 0 Å². The smallest absolute Gasteiger partial charge is 0.252 e. The van der Waals surface area contributed by atoms with Crippen molar-refractivity contribution in [2.45, 2.75) is 27.2 Å². The van der Waals surface area contributed by atoms with Gasteiger partial charge in [0.05, 0.1) is 11.4 Å². The lowest BCUT2D eigenvalue weighted by atomic mass is 10.0. The molecule has 3 aromatic rings. The molecule has 0 saturated carbocycles. The molecule has 1 aromatic carbocycles. The molecule has 0 aliphatic heterocycles. The lowest BCUT2D eigenvalue weighted by Gasteiger charge is -2.11. The molecule has 3 N–H and O–H groups in total. The van der Waals surface area contributed by atoms with Crippen LogP contribution in [0.1, 0.15) is 34.1 Å². The maximum atomic E-state index is 12.2. The van der Waals surface area contributed by atoms with Crippen molar-refractivity contribution in [2.75, 3.05) is 0 Å². The lowest BCUT2D eigenvalue weighted by molar-refractivity contribution is 0.100. The fourth-order valence-corrected chi connectivity index (χ4v) is 2.75. The Morgan fingerprint density at radius 2 is 1.96 bits per heavy atom. The molecule has 0 radical (unpaired) electrons. The summed E-state index contributed by atoms with van der Waals surface area (Å²) in [5, 5.41) is 4.58. The van der Waals surface area contributed by atoms with Gasteiger partial charge < -0.3 is 10.7 Å². The zero-order valence-corrected chi connectivity index (χ0v) is 14.5. The fourth-order valence-electron chi connectivity index (χ4n) is 2.75. The molecule has 25 heavy (non-hydrogen) atoms. The van der Waals surface area contributed by atoms with Gasteiger partial charge >= 0.3 is 0 Å². The van der Waals surface area contributed by atoms with Crippen LogP contribution in [0.15, 0.2) is 41.2 Å². The van der Waals surface area contributed by atoms with E-state index in [0.717, 1.165) is 17.7 Å². The van der Waals surface area contributed by atoms with Crippen molar-refractivity contribution >= 4 is 5.91 Å². The van der Waals surface area contributed by atoms with Gasteiger partial charge in [0.15, 0.2) is 0 Å². The number of hydrogen-bond donors (Lipinski definition) is 2. The topological polar surface area (TPSA) is 93.8 Å². The maximum absolute atomic E-state index is 12.2. The van der Waals surface area contributed by atoms with E-state index in [-0.39, 0.29) is 5.56 Å². The first-order valence-corrected chi connectivity index (χ1v) is 8.11. The van der Waals surface area contributed by atoms with Crippen LogP contribution in [0.3, 0.4) is 0 Å². The molecule has 2 aromatic heterocycles. The average Bonchev–Trinajstić information content (AvgIpc) is 3.03. The number of nitrogens with two attached hydrogens (primary N) is 1. The van der Waals surface area contributed by atoms with E-state index in [1.807, 2.05) is 38.1 Å². The van der Waals surface area contributed by atoms with Crippen LogP contribution >= 0.6 is 0 Å². The van der Waals surface area contributed by atoms with E-state index in [2.05, 4.69) is 10.1 Å². The minimum Gasteiger partial charge on any atom is -0.366 e. The Bertz CT molecular complexity index is 1010. The molecule has 0 spiro atoms. The molecule has 2 heterocycles. The summed E-state index contributed by atoms with van der Waals surface area (Å²) in [7, 11) is 0. The summed E-state index contributed by atoms with van der Waals surface area (Å²) < 4.78 is 1.66. The van der Waals surface area contributed by atoms with E-state index in [1.165, 1.54) is 0 Å². The first-order valence-electron chi connectivity index (χ1n) is 8.11. The molecule has 128 valence electrons. The van der Waals surface area contributed by atoms with Crippen molar-refractivity contribution in [3.8, 4) is 17.1 Å². The van der Waals surface area contributed by atoms with Gasteiger partial charge in [-0.05, 0) is 44.0 Å². The van der Waals surface area contributed by atoms with E-state index in [0.29, 0.717) is 28.2 Å². The first-order chi connectivity index (χ1) is 11.9. The Labute approximate surface area is 145 Å². The number of benzene rings is 1. The number of H-pyrrole nitrogens is 1. The number of pyridine rings is 1. The van der Waals surface area contributed by atoms with Gasteiger partial charge in [-0.3, -0.25) is 9.59 Å². The van der Waals surface area contributed by atoms with Gasteiger partial charge in [-0.15, -0.1) is 0 Å². The second-order valence-corrected chi connectivity index (χ2v) is 5.99. The summed E-state index contributed by atoms with van der Waals surface area (Å²) in [6.45, 7) is 5.66. The van der Waals surface area contributed by atoms with Crippen molar-refractivity contribution in [1.82, 2.24) is 14.8 Å². The van der Waals surface area contributed by atoms with E-state index < -0.39 is 5.91 Å². The highest BCUT2D eigenvalue weighted by Crippen LogP contribution is 2.27. The minimum absolute atomic E-state index is 0.155. The van der Waals surface area contributed by atoms with Gasteiger partial charge in [0, 0.05) is 16.7 Å². The Hall–Kier alpha value is -3.15. The Kier molecular flexibility index (Phi) is 4.27. The third-order valence-electron chi connectivity index (χ3n) is 4.35. The summed E-state index contributed by atoms with van der Waals surface area (Å²) in [4.78, 5) is 26.8. The van der Waals surface area contributed by atoms with E-state index >= 15 is 0 Å². The van der Waals surface area contributed by atoms with E-state index in [1.54, 1.807) is 23.7 Å². The Balaban J connectivity index is 2.29. The first kappa shape index (κ1) is 16.7. The molecule has 0 bridgehead atoms. The van der Waals surface area contributed by atoms with Gasteiger partial charge in [0.2, 0.25) is 5.91 Å². The van der Waals surface area contributed by atoms with Crippen LogP contribution in [-0.2, 0) is 6.42 Å². The molecule has 0 aliphatic carbocycles. The number of rotatable bonds is 4. The Morgan fingerprint density at radius 3 is 2.60 bits per heavy atom. The SMILES string of the molecule is CCc1cc(-c2ccccc2C(N)=O)n(-c2cc(C)c(C)c(=O)[nH]2)n1. The third-order valence-corrected chi connectivity index (χ3v) is 4.35. The van der Waals surface area contributed by atoms with Gasteiger partial charge in [0.25, 0.3) is 5.56 Å². The summed E-state index contributed by atoms with van der Waals surface area (Å²) in [6, 6.07) is 10.9. The molecule has 0 unspecified atom stereocenters. The van der Waals surface area contributed by atoms with Gasteiger partial charge in [-0.1, -0.05) is 25.1 Å². The average molecular weight is 336 g/mol. The van der Waals surface area contributed by atoms with Crippen LogP contribution in [-0.4, -0.2) is 20.7 Å². The Morgan fingerprint density at radius 1 is 1.24 bits per heavy atom. The molecule has 0 aliphatic rings. The molecular weight excluding hydrogens is 316 g/mol. The third kappa shape index (κ3) is 2.98. The number of aromatic nitrogens is 3. The molecule has 0 saturated heterocycles. The molecule has 3 rings (SSSR count). The van der Waals surface area contributed by atoms with Crippen molar-refractivity contribution in [3.63, 3.8) is 0 Å². The quantitative estimate of drug-likeness (QED) is 0.766. The zero-order valence-electron chi connectivity index (χ0n) is 14.5. The molecule has 0 atom stereocenters. The van der Waals surface area contributed by atoms with Gasteiger partial charge in [-0.2, -0.15) is 5.10 Å². The predicted molar refractivity (Wildman–Crippen MR) is 97.0 cm³/mol. The number of carbonyl (C=O) groups excluding carboxylic acids is 1. The fraction of sp³-hybridized carbons (Fsp3) is 0.211. The van der Waals surface area contributed by atoms with Crippen LogP contribution in [0.2, 0.25) is 0 Å². The van der Waals surface area contributed by atoms with Gasteiger partial charge in [0.1, 0.15) is 5.82 Å². The predicted octanol–water partition coefficient (Wildman–Crippen LogP) is 2.51. The molecule has 0 fully saturated rings. The van der Waals surface area contributed by atoms with Crippen molar-refractivity contribution < 1.29 is 4.79 Å². The standard InChI is InChI=1S/C19H20N4O2/c1-4-13-10-16(14-7-5-6-8-15(14)18(20)24)23(22-13)17-9-11(2)12(3)19(25)21-17/h5-10H,4H2,1-3H3,(H2,20,24)(H,21,25). The van der Waals surface area contributed by atoms with E-state index in [9.17, 15) is 9.59 Å². The summed E-state index contributed by atoms with van der Waals surface area (Å²) in [5.74, 6) is 0.0528. The lowest BCUT2D eigenvalue weighted by Crippen LogP contribution is -2.17. The summed E-state index contributed by atoms with van der Waals surface area (Å²) >= 11 is 0. The molecule has 6 heteroatoms. The number of hydrogen-bond acceptors (Lipinski definition) is 3. The normalized spacial score (nSPS) is 10.8.